The standard InChI is InChI=1S/C26H32FN3O2/c27-24-9-4-6-22(18-24)19-30-11-5-10-25(30)20-29(13-12-28-14-16-32-17-15-28)21-26(31)23-7-2-1-3-8-23/h1-11,18,26,31H,12-17,19-21H2. The highest BCUT2D eigenvalue weighted by molar-refractivity contribution is 5.20. The van der Waals surface area contributed by atoms with Crippen LogP contribution in [0.15, 0.2) is 72.9 Å². The third-order valence-corrected chi connectivity index (χ3v) is 6.00. The zero-order chi connectivity index (χ0) is 22.2. The molecule has 0 saturated carbocycles. The SMILES string of the molecule is OC(CN(CCN1CCOCC1)Cc1cccn1Cc1cccc(F)c1)c1ccccc1. The Kier molecular flexibility index (Phi) is 8.07. The van der Waals surface area contributed by atoms with Crippen molar-refractivity contribution < 1.29 is 14.2 Å². The summed E-state index contributed by atoms with van der Waals surface area (Å²) in [7, 11) is 0. The van der Waals surface area contributed by atoms with Crippen molar-refractivity contribution in [2.75, 3.05) is 45.9 Å². The fourth-order valence-electron chi connectivity index (χ4n) is 4.18. The van der Waals surface area contributed by atoms with Crippen molar-refractivity contribution in [2.45, 2.75) is 19.2 Å². The number of halogens is 1. The molecule has 1 saturated heterocycles. The second kappa shape index (κ2) is 11.4. The highest BCUT2D eigenvalue weighted by atomic mass is 19.1. The summed E-state index contributed by atoms with van der Waals surface area (Å²) in [5.41, 5.74) is 3.02. The molecule has 5 nitrogen and oxygen atoms in total. The van der Waals surface area contributed by atoms with Gasteiger partial charge in [0.1, 0.15) is 5.82 Å². The van der Waals surface area contributed by atoms with Gasteiger partial charge in [0.15, 0.2) is 0 Å². The molecule has 1 unspecified atom stereocenters. The van der Waals surface area contributed by atoms with Gasteiger partial charge >= 0.3 is 0 Å². The van der Waals surface area contributed by atoms with Crippen LogP contribution in [-0.2, 0) is 17.8 Å². The minimum absolute atomic E-state index is 0.214. The third-order valence-electron chi connectivity index (χ3n) is 6.00. The summed E-state index contributed by atoms with van der Waals surface area (Å²) in [5.74, 6) is -0.214. The first-order valence-electron chi connectivity index (χ1n) is 11.3. The van der Waals surface area contributed by atoms with Gasteiger partial charge in [0.2, 0.25) is 0 Å². The van der Waals surface area contributed by atoms with Gasteiger partial charge < -0.3 is 14.4 Å². The molecule has 1 fully saturated rings. The number of benzene rings is 2. The molecule has 3 aromatic rings. The van der Waals surface area contributed by atoms with E-state index >= 15 is 0 Å². The molecule has 4 rings (SSSR count). The van der Waals surface area contributed by atoms with Crippen molar-refractivity contribution in [2.24, 2.45) is 0 Å². The topological polar surface area (TPSA) is 40.9 Å². The van der Waals surface area contributed by atoms with E-state index in [4.69, 9.17) is 4.74 Å². The van der Waals surface area contributed by atoms with Gasteiger partial charge in [-0.2, -0.15) is 0 Å². The van der Waals surface area contributed by atoms with E-state index in [9.17, 15) is 9.50 Å². The van der Waals surface area contributed by atoms with Gasteiger partial charge in [-0.15, -0.1) is 0 Å². The monoisotopic (exact) mass is 437 g/mol. The molecule has 0 spiro atoms. The molecule has 6 heteroatoms. The Balaban J connectivity index is 1.45. The quantitative estimate of drug-likeness (QED) is 0.527. The van der Waals surface area contributed by atoms with Gasteiger partial charge in [-0.05, 0) is 35.4 Å². The average molecular weight is 438 g/mol. The van der Waals surface area contributed by atoms with E-state index in [1.165, 1.54) is 6.07 Å². The molecule has 1 aliphatic heterocycles. The zero-order valence-electron chi connectivity index (χ0n) is 18.4. The smallest absolute Gasteiger partial charge is 0.123 e. The van der Waals surface area contributed by atoms with E-state index in [1.807, 2.05) is 48.7 Å². The molecule has 0 radical (unpaired) electrons. The number of ether oxygens (including phenoxy) is 1. The predicted octanol–water partition coefficient (Wildman–Crippen LogP) is 3.54. The predicted molar refractivity (Wildman–Crippen MR) is 124 cm³/mol. The molecular formula is C26H32FN3O2. The molecule has 1 aromatic heterocycles. The fourth-order valence-corrected chi connectivity index (χ4v) is 4.18. The highest BCUT2D eigenvalue weighted by Gasteiger charge is 2.18. The van der Waals surface area contributed by atoms with Crippen molar-refractivity contribution in [1.29, 1.82) is 0 Å². The second-order valence-corrected chi connectivity index (χ2v) is 8.37. The van der Waals surface area contributed by atoms with E-state index in [2.05, 4.69) is 20.4 Å². The zero-order valence-corrected chi connectivity index (χ0v) is 18.4. The molecule has 170 valence electrons. The van der Waals surface area contributed by atoms with Crippen LogP contribution in [-0.4, -0.2) is 65.4 Å². The minimum atomic E-state index is -0.549. The Bertz CT molecular complexity index is 956. The summed E-state index contributed by atoms with van der Waals surface area (Å²) in [5, 5.41) is 10.9. The van der Waals surface area contributed by atoms with Crippen LogP contribution in [0.5, 0.6) is 0 Å². The first-order chi connectivity index (χ1) is 15.7. The van der Waals surface area contributed by atoms with Crippen LogP contribution in [0.1, 0.15) is 22.9 Å². The van der Waals surface area contributed by atoms with Crippen LogP contribution in [0, 0.1) is 5.82 Å². The minimum Gasteiger partial charge on any atom is -0.387 e. The summed E-state index contributed by atoms with van der Waals surface area (Å²) in [6.45, 7) is 7.15. The summed E-state index contributed by atoms with van der Waals surface area (Å²) in [6, 6.07) is 20.7. The van der Waals surface area contributed by atoms with Gasteiger partial charge in [-0.1, -0.05) is 42.5 Å². The van der Waals surface area contributed by atoms with Crippen molar-refractivity contribution in [3.63, 3.8) is 0 Å². The lowest BCUT2D eigenvalue weighted by Crippen LogP contribution is -2.42. The Morgan fingerprint density at radius 1 is 1.00 bits per heavy atom. The third kappa shape index (κ3) is 6.50. The summed E-state index contributed by atoms with van der Waals surface area (Å²) < 4.78 is 21.3. The lowest BCUT2D eigenvalue weighted by Gasteiger charge is -2.31. The lowest BCUT2D eigenvalue weighted by molar-refractivity contribution is 0.0289. The van der Waals surface area contributed by atoms with Crippen LogP contribution in [0.4, 0.5) is 4.39 Å². The molecule has 1 aliphatic rings. The van der Waals surface area contributed by atoms with Gasteiger partial charge in [-0.25, -0.2) is 4.39 Å². The van der Waals surface area contributed by atoms with Crippen molar-refractivity contribution in [3.8, 4) is 0 Å². The summed E-state index contributed by atoms with van der Waals surface area (Å²) in [6.07, 6.45) is 1.49. The molecular weight excluding hydrogens is 405 g/mol. The Morgan fingerprint density at radius 3 is 2.59 bits per heavy atom. The van der Waals surface area contributed by atoms with Crippen LogP contribution in [0.2, 0.25) is 0 Å². The second-order valence-electron chi connectivity index (χ2n) is 8.37. The molecule has 2 aromatic carbocycles. The van der Waals surface area contributed by atoms with Gasteiger partial charge in [0.25, 0.3) is 0 Å². The van der Waals surface area contributed by atoms with E-state index in [1.54, 1.807) is 12.1 Å². The number of hydrogen-bond acceptors (Lipinski definition) is 4. The number of morpholine rings is 1. The maximum absolute atomic E-state index is 13.6. The lowest BCUT2D eigenvalue weighted by atomic mass is 10.1. The maximum atomic E-state index is 13.6. The maximum Gasteiger partial charge on any atom is 0.123 e. The normalized spacial score (nSPS) is 15.8. The Hall–Kier alpha value is -2.51. The van der Waals surface area contributed by atoms with Gasteiger partial charge in [0, 0.05) is 57.7 Å². The Morgan fingerprint density at radius 2 is 1.81 bits per heavy atom. The van der Waals surface area contributed by atoms with Crippen LogP contribution < -0.4 is 0 Å². The van der Waals surface area contributed by atoms with Crippen LogP contribution in [0.25, 0.3) is 0 Å². The van der Waals surface area contributed by atoms with Crippen LogP contribution in [0.3, 0.4) is 0 Å². The van der Waals surface area contributed by atoms with E-state index in [0.717, 1.165) is 62.8 Å². The largest absolute Gasteiger partial charge is 0.387 e. The number of aromatic nitrogens is 1. The Labute approximate surface area is 189 Å². The van der Waals surface area contributed by atoms with E-state index in [0.29, 0.717) is 13.1 Å². The molecule has 0 aliphatic carbocycles. The van der Waals surface area contributed by atoms with Crippen LogP contribution >= 0.6 is 0 Å². The summed E-state index contributed by atoms with van der Waals surface area (Å²) >= 11 is 0. The number of nitrogens with zero attached hydrogens (tertiary/aromatic N) is 3. The average Bonchev–Trinajstić information content (AvgIpc) is 3.25. The molecule has 1 N–H and O–H groups in total. The fraction of sp³-hybridized carbons (Fsp3) is 0.385. The number of aliphatic hydroxyl groups excluding tert-OH is 1. The van der Waals surface area contributed by atoms with Gasteiger partial charge in [0.05, 0.1) is 19.3 Å². The molecule has 0 bridgehead atoms. The van der Waals surface area contributed by atoms with Crippen molar-refractivity contribution in [1.82, 2.24) is 14.4 Å². The molecule has 2 heterocycles. The molecule has 0 amide bonds. The first kappa shape index (κ1) is 22.7. The van der Waals surface area contributed by atoms with Crippen molar-refractivity contribution >= 4 is 0 Å². The number of rotatable bonds is 10. The summed E-state index contributed by atoms with van der Waals surface area (Å²) in [4.78, 5) is 4.72. The molecule has 1 atom stereocenters. The molecule has 32 heavy (non-hydrogen) atoms. The number of hydrogen-bond donors (Lipinski definition) is 1. The number of aliphatic hydroxyl groups is 1. The first-order valence-corrected chi connectivity index (χ1v) is 11.3. The van der Waals surface area contributed by atoms with Crippen molar-refractivity contribution in [3.05, 3.63) is 95.6 Å². The van der Waals surface area contributed by atoms with Gasteiger partial charge in [-0.3, -0.25) is 9.80 Å². The van der Waals surface area contributed by atoms with E-state index in [-0.39, 0.29) is 5.82 Å². The highest BCUT2D eigenvalue weighted by Crippen LogP contribution is 2.17. The van der Waals surface area contributed by atoms with E-state index < -0.39 is 6.10 Å².